The minimum atomic E-state index is -1.06. The normalized spacial score (nSPS) is 24.9. The van der Waals surface area contributed by atoms with Crippen LogP contribution >= 0.6 is 0 Å². The Balaban J connectivity index is 2.70. The van der Waals surface area contributed by atoms with Crippen molar-refractivity contribution >= 4 is 17.5 Å². The van der Waals surface area contributed by atoms with Gasteiger partial charge in [0.25, 0.3) is 0 Å². The molecule has 1 aliphatic rings. The highest BCUT2D eigenvalue weighted by atomic mass is 16.4. The summed E-state index contributed by atoms with van der Waals surface area (Å²) in [5.41, 5.74) is 0. The first-order chi connectivity index (χ1) is 5.52. The van der Waals surface area contributed by atoms with Crippen LogP contribution in [-0.2, 0) is 14.4 Å². The van der Waals surface area contributed by atoms with Gasteiger partial charge in [0, 0.05) is 0 Å². The van der Waals surface area contributed by atoms with Crippen LogP contribution in [0.25, 0.3) is 0 Å². The Kier molecular flexibility index (Phi) is 2.23. The van der Waals surface area contributed by atoms with Crippen molar-refractivity contribution in [1.29, 1.82) is 0 Å². The van der Waals surface area contributed by atoms with E-state index in [0.717, 1.165) is 0 Å². The molecule has 1 N–H and O–H groups in total. The summed E-state index contributed by atoms with van der Waals surface area (Å²) in [5, 5.41) is 8.41. The van der Waals surface area contributed by atoms with Crippen LogP contribution in [0.3, 0.4) is 0 Å². The van der Waals surface area contributed by atoms with Crippen LogP contribution in [0.5, 0.6) is 0 Å². The van der Waals surface area contributed by atoms with E-state index in [9.17, 15) is 14.4 Å². The lowest BCUT2D eigenvalue weighted by Gasteiger charge is -2.13. The third-order valence-electron chi connectivity index (χ3n) is 1.87. The number of aliphatic carboxylic acids is 1. The van der Waals surface area contributed by atoms with E-state index < -0.39 is 23.6 Å². The predicted octanol–water partition coefficient (Wildman–Crippen LogP) is -1.09. The van der Waals surface area contributed by atoms with Crippen LogP contribution in [0.2, 0.25) is 0 Å². The van der Waals surface area contributed by atoms with E-state index in [4.69, 9.17) is 5.11 Å². The molecule has 1 saturated heterocycles. The van der Waals surface area contributed by atoms with Gasteiger partial charge in [-0.05, 0) is 7.05 Å². The van der Waals surface area contributed by atoms with Gasteiger partial charge < -0.3 is 5.11 Å². The zero-order valence-electron chi connectivity index (χ0n) is 6.61. The lowest BCUT2D eigenvalue weighted by molar-refractivity contribution is -0.140. The summed E-state index contributed by atoms with van der Waals surface area (Å²) in [6, 6.07) is -0.755. The van der Waals surface area contributed by atoms with E-state index in [0.29, 0.717) is 0 Å². The molecule has 0 aromatic carbocycles. The van der Waals surface area contributed by atoms with E-state index in [-0.39, 0.29) is 13.0 Å². The average Bonchev–Trinajstić information content (AvgIpc) is 2.16. The Morgan fingerprint density at radius 2 is 2.25 bits per heavy atom. The number of carboxylic acid groups (broad SMARTS) is 1. The van der Waals surface area contributed by atoms with E-state index in [1.54, 1.807) is 7.05 Å². The number of carbonyl (C=O) groups is 3. The minimum Gasteiger partial charge on any atom is -0.481 e. The van der Waals surface area contributed by atoms with Gasteiger partial charge in [0.2, 0.25) is 11.6 Å². The van der Waals surface area contributed by atoms with Crippen LogP contribution in [0, 0.1) is 0 Å². The van der Waals surface area contributed by atoms with E-state index in [1.165, 1.54) is 4.90 Å². The van der Waals surface area contributed by atoms with Gasteiger partial charge in [0.1, 0.15) is 0 Å². The van der Waals surface area contributed by atoms with Gasteiger partial charge in [-0.3, -0.25) is 19.3 Å². The molecule has 0 aromatic heterocycles. The fraction of sp³-hybridized carbons (Fsp3) is 0.571. The Morgan fingerprint density at radius 3 is 2.58 bits per heavy atom. The Labute approximate surface area is 69.0 Å². The second-order valence-corrected chi connectivity index (χ2v) is 2.82. The summed E-state index contributed by atoms with van der Waals surface area (Å²) in [5.74, 6) is -2.14. The quantitative estimate of drug-likeness (QED) is 0.534. The van der Waals surface area contributed by atoms with Crippen LogP contribution < -0.4 is 0 Å². The average molecular weight is 171 g/mol. The lowest BCUT2D eigenvalue weighted by atomic mass is 10.1. The first-order valence-corrected chi connectivity index (χ1v) is 3.51. The molecular weight excluding hydrogens is 162 g/mol. The predicted molar refractivity (Wildman–Crippen MR) is 38.7 cm³/mol. The Hall–Kier alpha value is -1.23. The van der Waals surface area contributed by atoms with Gasteiger partial charge in [0.15, 0.2) is 0 Å². The molecule has 1 atom stereocenters. The highest BCUT2D eigenvalue weighted by Crippen LogP contribution is 2.11. The fourth-order valence-corrected chi connectivity index (χ4v) is 1.21. The van der Waals surface area contributed by atoms with Crippen molar-refractivity contribution in [2.45, 2.75) is 12.5 Å². The number of rotatable bonds is 2. The van der Waals surface area contributed by atoms with Crippen molar-refractivity contribution in [3.8, 4) is 0 Å². The Bertz CT molecular complexity index is 248. The molecule has 5 nitrogen and oxygen atoms in total. The van der Waals surface area contributed by atoms with Gasteiger partial charge in [0.05, 0.1) is 19.0 Å². The van der Waals surface area contributed by atoms with Gasteiger partial charge in [-0.1, -0.05) is 0 Å². The van der Waals surface area contributed by atoms with Crippen molar-refractivity contribution in [3.63, 3.8) is 0 Å². The number of hydrogen-bond acceptors (Lipinski definition) is 4. The van der Waals surface area contributed by atoms with E-state index >= 15 is 0 Å². The van der Waals surface area contributed by atoms with Crippen LogP contribution in [0.4, 0.5) is 0 Å². The summed E-state index contributed by atoms with van der Waals surface area (Å²) in [6.45, 7) is 0.0385. The maximum Gasteiger partial charge on any atom is 0.305 e. The summed E-state index contributed by atoms with van der Waals surface area (Å²) in [7, 11) is 1.57. The molecule has 66 valence electrons. The molecule has 0 bridgehead atoms. The molecular formula is C7H9NO4. The van der Waals surface area contributed by atoms with Crippen molar-refractivity contribution in [2.24, 2.45) is 0 Å². The number of likely N-dealkylation sites (N-methyl/N-ethyl adjacent to an activating group) is 1. The third-order valence-corrected chi connectivity index (χ3v) is 1.87. The third kappa shape index (κ3) is 1.50. The van der Waals surface area contributed by atoms with Crippen molar-refractivity contribution in [1.82, 2.24) is 4.90 Å². The van der Waals surface area contributed by atoms with Gasteiger partial charge >= 0.3 is 5.97 Å². The summed E-state index contributed by atoms with van der Waals surface area (Å²) in [6.07, 6.45) is -0.291. The molecule has 1 unspecified atom stereocenters. The van der Waals surface area contributed by atoms with E-state index in [1.807, 2.05) is 0 Å². The molecule has 0 aliphatic carbocycles. The monoisotopic (exact) mass is 171 g/mol. The molecule has 12 heavy (non-hydrogen) atoms. The molecule has 0 amide bonds. The molecule has 1 heterocycles. The maximum atomic E-state index is 11.0. The summed E-state index contributed by atoms with van der Waals surface area (Å²) >= 11 is 0. The first kappa shape index (κ1) is 8.86. The summed E-state index contributed by atoms with van der Waals surface area (Å²) < 4.78 is 0. The summed E-state index contributed by atoms with van der Waals surface area (Å²) in [4.78, 5) is 33.5. The number of nitrogens with zero attached hydrogens (tertiary/aromatic N) is 1. The standard InChI is InChI=1S/C7H9NO4/c1-8-3-5(9)7(12)4(8)2-6(10)11/h4H,2-3H2,1H3,(H,10,11). The van der Waals surface area contributed by atoms with Crippen molar-refractivity contribution < 1.29 is 19.5 Å². The van der Waals surface area contributed by atoms with Crippen LogP contribution in [0.1, 0.15) is 6.42 Å². The van der Waals surface area contributed by atoms with Gasteiger partial charge in [-0.2, -0.15) is 0 Å². The Morgan fingerprint density at radius 1 is 1.67 bits per heavy atom. The molecule has 5 heteroatoms. The maximum absolute atomic E-state index is 11.0. The van der Waals surface area contributed by atoms with Crippen LogP contribution in [0.15, 0.2) is 0 Å². The highest BCUT2D eigenvalue weighted by molar-refractivity contribution is 6.42. The molecule has 1 aliphatic heterocycles. The largest absolute Gasteiger partial charge is 0.481 e. The van der Waals surface area contributed by atoms with Gasteiger partial charge in [-0.25, -0.2) is 0 Å². The van der Waals surface area contributed by atoms with Gasteiger partial charge in [-0.15, -0.1) is 0 Å². The lowest BCUT2D eigenvalue weighted by Crippen LogP contribution is -2.32. The molecule has 0 radical (unpaired) electrons. The molecule has 0 saturated carbocycles. The van der Waals surface area contributed by atoms with Crippen molar-refractivity contribution in [2.75, 3.05) is 13.6 Å². The molecule has 1 rings (SSSR count). The van der Waals surface area contributed by atoms with Crippen LogP contribution in [-0.4, -0.2) is 47.2 Å². The fourth-order valence-electron chi connectivity index (χ4n) is 1.21. The van der Waals surface area contributed by atoms with E-state index in [2.05, 4.69) is 0 Å². The first-order valence-electron chi connectivity index (χ1n) is 3.51. The molecule has 0 aromatic rings. The molecule has 0 spiro atoms. The number of carbonyl (C=O) groups excluding carboxylic acids is 2. The number of hydrogen-bond donors (Lipinski definition) is 1. The molecule has 1 fully saturated rings. The second-order valence-electron chi connectivity index (χ2n) is 2.82. The number of likely N-dealkylation sites (tertiary alicyclic amines) is 1. The second kappa shape index (κ2) is 3.02. The topological polar surface area (TPSA) is 74.7 Å². The zero-order chi connectivity index (χ0) is 9.30. The number of Topliss-reactive ketones (excluding diaryl/α,β-unsaturated/α-hetero) is 2. The highest BCUT2D eigenvalue weighted by Gasteiger charge is 2.38. The minimum absolute atomic E-state index is 0.0385. The van der Waals surface area contributed by atoms with Crippen molar-refractivity contribution in [3.05, 3.63) is 0 Å². The smallest absolute Gasteiger partial charge is 0.305 e. The number of ketones is 2. The number of carboxylic acids is 1. The zero-order valence-corrected chi connectivity index (χ0v) is 6.61. The SMILES string of the molecule is CN1CC(=O)C(=O)C1CC(=O)O.